The van der Waals surface area contributed by atoms with Gasteiger partial charge in [0.05, 0.1) is 0 Å². The number of benzene rings is 1. The molecule has 5 nitrogen and oxygen atoms in total. The summed E-state index contributed by atoms with van der Waals surface area (Å²) in [6.45, 7) is 8.97. The Labute approximate surface area is 180 Å². The van der Waals surface area contributed by atoms with Gasteiger partial charge >= 0.3 is 0 Å². The van der Waals surface area contributed by atoms with Gasteiger partial charge in [0.2, 0.25) is 5.91 Å². The normalized spacial score (nSPS) is 20.6. The predicted molar refractivity (Wildman–Crippen MR) is 122 cm³/mol. The van der Waals surface area contributed by atoms with Crippen LogP contribution in [0.5, 0.6) is 0 Å². The Kier molecular flexibility index (Phi) is 6.70. The molecule has 0 radical (unpaired) electrons. The number of piperidine rings is 1. The summed E-state index contributed by atoms with van der Waals surface area (Å²) >= 11 is 5.67. The van der Waals surface area contributed by atoms with Gasteiger partial charge in [0.1, 0.15) is 0 Å². The van der Waals surface area contributed by atoms with Crippen LogP contribution in [0.3, 0.4) is 0 Å². The van der Waals surface area contributed by atoms with Crippen LogP contribution < -0.4 is 5.32 Å². The number of hydrogen-bond acceptors (Lipinski definition) is 3. The van der Waals surface area contributed by atoms with Crippen LogP contribution in [0.2, 0.25) is 0 Å². The number of carbonyl (C=O) groups is 1. The molecule has 0 unspecified atom stereocenters. The molecule has 1 aromatic rings. The van der Waals surface area contributed by atoms with Crippen molar-refractivity contribution in [3.63, 3.8) is 0 Å². The Morgan fingerprint density at radius 1 is 1.03 bits per heavy atom. The van der Waals surface area contributed by atoms with E-state index >= 15 is 0 Å². The molecule has 2 fully saturated rings. The molecule has 1 amide bonds. The zero-order valence-electron chi connectivity index (χ0n) is 17.7. The minimum absolute atomic E-state index is 0.345. The summed E-state index contributed by atoms with van der Waals surface area (Å²) in [6.07, 6.45) is 6.46. The van der Waals surface area contributed by atoms with Crippen molar-refractivity contribution in [1.82, 2.24) is 14.7 Å². The molecule has 2 saturated heterocycles. The van der Waals surface area contributed by atoms with Gasteiger partial charge in [0.25, 0.3) is 0 Å². The lowest BCUT2D eigenvalue weighted by Crippen LogP contribution is -2.49. The van der Waals surface area contributed by atoms with E-state index in [9.17, 15) is 4.79 Å². The Hall–Kier alpha value is -1.66. The lowest BCUT2D eigenvalue weighted by Gasteiger charge is -2.37. The average molecular weight is 415 g/mol. The lowest BCUT2D eigenvalue weighted by atomic mass is 9.93. The zero-order chi connectivity index (χ0) is 20.2. The number of carbonyl (C=O) groups excluding carboxylic acids is 1. The quantitative estimate of drug-likeness (QED) is 0.767. The molecular weight excluding hydrogens is 380 g/mol. The summed E-state index contributed by atoms with van der Waals surface area (Å²) in [5, 5.41) is 4.26. The van der Waals surface area contributed by atoms with Crippen LogP contribution in [0.1, 0.15) is 43.7 Å². The second-order valence-corrected chi connectivity index (χ2v) is 9.10. The molecule has 0 atom stereocenters. The van der Waals surface area contributed by atoms with E-state index in [2.05, 4.69) is 45.1 Å². The molecular formula is C23H34N4OS. The summed E-state index contributed by atoms with van der Waals surface area (Å²) in [7, 11) is 0. The Morgan fingerprint density at radius 2 is 1.76 bits per heavy atom. The number of likely N-dealkylation sites (tertiary alicyclic amines) is 1. The van der Waals surface area contributed by atoms with Crippen molar-refractivity contribution < 1.29 is 4.79 Å². The summed E-state index contributed by atoms with van der Waals surface area (Å²) in [4.78, 5) is 19.4. The predicted octanol–water partition coefficient (Wildman–Crippen LogP) is 3.14. The van der Waals surface area contributed by atoms with Crippen molar-refractivity contribution in [3.8, 4) is 0 Å². The third kappa shape index (κ3) is 5.10. The van der Waals surface area contributed by atoms with Crippen molar-refractivity contribution in [2.75, 3.05) is 51.1 Å². The molecule has 29 heavy (non-hydrogen) atoms. The minimum Gasteiger partial charge on any atom is -0.349 e. The fraction of sp³-hybridized carbons (Fsp3) is 0.652. The monoisotopic (exact) mass is 414 g/mol. The molecule has 1 N–H and O–H groups in total. The molecule has 2 heterocycles. The summed E-state index contributed by atoms with van der Waals surface area (Å²) in [5.74, 6) is 0.837. The van der Waals surface area contributed by atoms with Crippen LogP contribution in [0.25, 0.3) is 0 Å². The molecule has 1 aromatic carbocycles. The second-order valence-electron chi connectivity index (χ2n) is 8.72. The lowest BCUT2D eigenvalue weighted by molar-refractivity contribution is -0.134. The van der Waals surface area contributed by atoms with Gasteiger partial charge in [-0.2, -0.15) is 0 Å². The molecule has 0 saturated carbocycles. The highest BCUT2D eigenvalue weighted by atomic mass is 32.1. The molecule has 1 aliphatic carbocycles. The highest BCUT2D eigenvalue weighted by molar-refractivity contribution is 7.80. The van der Waals surface area contributed by atoms with E-state index in [-0.39, 0.29) is 0 Å². The molecule has 0 spiro atoms. The standard InChI is InChI=1S/C23H34N4OS/c1-2-25-12-14-26(15-13-25)22(28)16-18-8-10-27(11-9-18)23(29)24-21-7-6-19-4-3-5-20(19)17-21/h6-7,17-18H,2-5,8-16H2,1H3,(H,24,29). The fourth-order valence-corrected chi connectivity index (χ4v) is 5.18. The number of thiocarbonyl (C=S) groups is 1. The van der Waals surface area contributed by atoms with Gasteiger partial charge < -0.3 is 20.0 Å². The maximum absolute atomic E-state index is 12.7. The number of fused-ring (bicyclic) bond motifs is 1. The van der Waals surface area contributed by atoms with E-state index in [4.69, 9.17) is 12.2 Å². The van der Waals surface area contributed by atoms with Crippen molar-refractivity contribution in [1.29, 1.82) is 0 Å². The van der Waals surface area contributed by atoms with E-state index in [1.165, 1.54) is 30.4 Å². The van der Waals surface area contributed by atoms with Crippen LogP contribution in [-0.4, -0.2) is 71.5 Å². The third-order valence-corrected chi connectivity index (χ3v) is 7.25. The molecule has 3 aliphatic rings. The SMILES string of the molecule is CCN1CCN(C(=O)CC2CCN(C(=S)Nc3ccc4c(c3)CCC4)CC2)CC1. The van der Waals surface area contributed by atoms with E-state index in [1.807, 2.05) is 0 Å². The fourth-order valence-electron chi connectivity index (χ4n) is 4.88. The van der Waals surface area contributed by atoms with Gasteiger partial charge in [-0.3, -0.25) is 4.79 Å². The molecule has 2 aliphatic heterocycles. The van der Waals surface area contributed by atoms with Gasteiger partial charge in [0, 0.05) is 51.4 Å². The third-order valence-electron chi connectivity index (χ3n) is 6.89. The summed E-state index contributed by atoms with van der Waals surface area (Å²) in [6, 6.07) is 6.66. The number of anilines is 1. The maximum Gasteiger partial charge on any atom is 0.222 e. The number of rotatable bonds is 4. The smallest absolute Gasteiger partial charge is 0.222 e. The van der Waals surface area contributed by atoms with Crippen molar-refractivity contribution in [3.05, 3.63) is 29.3 Å². The summed E-state index contributed by atoms with van der Waals surface area (Å²) in [5.41, 5.74) is 4.07. The number of amides is 1. The van der Waals surface area contributed by atoms with Gasteiger partial charge in [-0.05, 0) is 80.0 Å². The van der Waals surface area contributed by atoms with Crippen LogP contribution in [0.4, 0.5) is 5.69 Å². The van der Waals surface area contributed by atoms with Crippen LogP contribution in [0, 0.1) is 5.92 Å². The molecule has 0 bridgehead atoms. The first-order valence-corrected chi connectivity index (χ1v) is 11.7. The Balaban J connectivity index is 1.21. The van der Waals surface area contributed by atoms with E-state index in [0.717, 1.165) is 69.5 Å². The molecule has 158 valence electrons. The number of nitrogens with one attached hydrogen (secondary N) is 1. The topological polar surface area (TPSA) is 38.8 Å². The maximum atomic E-state index is 12.7. The number of aryl methyl sites for hydroxylation is 2. The van der Waals surface area contributed by atoms with Crippen LogP contribution >= 0.6 is 12.2 Å². The highest BCUT2D eigenvalue weighted by Gasteiger charge is 2.26. The number of likely N-dealkylation sites (N-methyl/N-ethyl adjacent to an activating group) is 1. The van der Waals surface area contributed by atoms with Gasteiger partial charge in [-0.1, -0.05) is 13.0 Å². The van der Waals surface area contributed by atoms with E-state index in [1.54, 1.807) is 0 Å². The van der Waals surface area contributed by atoms with Gasteiger partial charge in [-0.25, -0.2) is 0 Å². The first-order valence-electron chi connectivity index (χ1n) is 11.3. The average Bonchev–Trinajstić information content (AvgIpc) is 3.22. The highest BCUT2D eigenvalue weighted by Crippen LogP contribution is 2.26. The minimum atomic E-state index is 0.345. The van der Waals surface area contributed by atoms with Gasteiger partial charge in [-0.15, -0.1) is 0 Å². The first kappa shape index (κ1) is 20.6. The van der Waals surface area contributed by atoms with Crippen LogP contribution in [-0.2, 0) is 17.6 Å². The second kappa shape index (κ2) is 9.43. The number of piperazine rings is 1. The first-order chi connectivity index (χ1) is 14.1. The zero-order valence-corrected chi connectivity index (χ0v) is 18.5. The molecule has 4 rings (SSSR count). The van der Waals surface area contributed by atoms with E-state index < -0.39 is 0 Å². The molecule has 6 heteroatoms. The van der Waals surface area contributed by atoms with E-state index in [0.29, 0.717) is 18.2 Å². The molecule has 0 aromatic heterocycles. The van der Waals surface area contributed by atoms with Crippen molar-refractivity contribution >= 4 is 28.9 Å². The van der Waals surface area contributed by atoms with Gasteiger partial charge in [0.15, 0.2) is 5.11 Å². The Morgan fingerprint density at radius 3 is 2.48 bits per heavy atom. The summed E-state index contributed by atoms with van der Waals surface area (Å²) < 4.78 is 0. The van der Waals surface area contributed by atoms with Crippen molar-refractivity contribution in [2.45, 2.75) is 45.4 Å². The Bertz CT molecular complexity index is 736. The van der Waals surface area contributed by atoms with Crippen LogP contribution in [0.15, 0.2) is 18.2 Å². The number of hydrogen-bond donors (Lipinski definition) is 1. The number of nitrogens with zero attached hydrogens (tertiary/aromatic N) is 3. The largest absolute Gasteiger partial charge is 0.349 e. The van der Waals surface area contributed by atoms with Crippen molar-refractivity contribution in [2.24, 2.45) is 5.92 Å².